The molecule has 0 amide bonds. The van der Waals surface area contributed by atoms with E-state index in [-0.39, 0.29) is 0 Å². The van der Waals surface area contributed by atoms with E-state index in [0.29, 0.717) is 0 Å². The largest absolute Gasteiger partial charge is 0.0845 e. The van der Waals surface area contributed by atoms with E-state index in [1.807, 2.05) is 0 Å². The molecule has 0 heteroatoms. The summed E-state index contributed by atoms with van der Waals surface area (Å²) in [5.41, 5.74) is 2.85. The van der Waals surface area contributed by atoms with Gasteiger partial charge in [-0.2, -0.15) is 0 Å². The Kier molecular flexibility index (Phi) is 3.18. The highest BCUT2D eigenvalue weighted by Gasteiger charge is 2.01. The van der Waals surface area contributed by atoms with Gasteiger partial charge in [-0.3, -0.25) is 0 Å². The molecule has 0 radical (unpaired) electrons. The maximum Gasteiger partial charge on any atom is -0.0225 e. The number of hydrogen-bond acceptors (Lipinski definition) is 0. The van der Waals surface area contributed by atoms with Gasteiger partial charge in [-0.15, -0.1) is 0 Å². The van der Waals surface area contributed by atoms with Crippen LogP contribution in [0.1, 0.15) is 31.2 Å². The van der Waals surface area contributed by atoms with E-state index in [9.17, 15) is 0 Å². The Labute approximate surface area is 86.0 Å². The van der Waals surface area contributed by atoms with Gasteiger partial charge in [-0.05, 0) is 36.8 Å². The van der Waals surface area contributed by atoms with Crippen LogP contribution in [0.4, 0.5) is 0 Å². The Morgan fingerprint density at radius 1 is 0.929 bits per heavy atom. The maximum absolute atomic E-state index is 2.27. The summed E-state index contributed by atoms with van der Waals surface area (Å²) in [5, 5.41) is 0. The van der Waals surface area contributed by atoms with Crippen molar-refractivity contribution >= 4 is 5.57 Å². The molecule has 1 aromatic carbocycles. The molecule has 0 nitrogen and oxygen atoms in total. The van der Waals surface area contributed by atoms with Gasteiger partial charge in [-0.25, -0.2) is 0 Å². The van der Waals surface area contributed by atoms with Crippen LogP contribution in [-0.2, 0) is 0 Å². The molecule has 0 atom stereocenters. The van der Waals surface area contributed by atoms with Crippen molar-refractivity contribution in [2.24, 2.45) is 0 Å². The minimum absolute atomic E-state index is 1.22. The van der Waals surface area contributed by atoms with Gasteiger partial charge in [0.25, 0.3) is 0 Å². The minimum Gasteiger partial charge on any atom is -0.0845 e. The van der Waals surface area contributed by atoms with Crippen LogP contribution in [-0.4, -0.2) is 0 Å². The number of rotatable bonds is 1. The third-order valence-corrected chi connectivity index (χ3v) is 2.64. The predicted octanol–water partition coefficient (Wildman–Crippen LogP) is 4.20. The molecule has 0 spiro atoms. The van der Waals surface area contributed by atoms with Gasteiger partial charge in [0.2, 0.25) is 0 Å². The van der Waals surface area contributed by atoms with Crippen LogP contribution in [0.15, 0.2) is 48.6 Å². The quantitative estimate of drug-likeness (QED) is 0.613. The second-order valence-corrected chi connectivity index (χ2v) is 3.73. The summed E-state index contributed by atoms with van der Waals surface area (Å²) in [7, 11) is 0. The zero-order valence-corrected chi connectivity index (χ0v) is 8.45. The molecule has 0 unspecified atom stereocenters. The van der Waals surface area contributed by atoms with Gasteiger partial charge < -0.3 is 0 Å². The average Bonchev–Trinajstić information content (AvgIpc) is 2.18. The average molecular weight is 184 g/mol. The van der Waals surface area contributed by atoms with E-state index < -0.39 is 0 Å². The Morgan fingerprint density at radius 2 is 1.79 bits per heavy atom. The van der Waals surface area contributed by atoms with Crippen LogP contribution in [0.3, 0.4) is 0 Å². The second kappa shape index (κ2) is 4.80. The first-order chi connectivity index (χ1) is 6.97. The van der Waals surface area contributed by atoms with Crippen LogP contribution in [0.2, 0.25) is 0 Å². The molecule has 0 N–H and O–H groups in total. The fraction of sp³-hybridized carbons (Fsp3) is 0.286. The summed E-state index contributed by atoms with van der Waals surface area (Å²) in [6, 6.07) is 10.7. The van der Waals surface area contributed by atoms with E-state index in [0.717, 1.165) is 0 Å². The van der Waals surface area contributed by atoms with Crippen molar-refractivity contribution in [2.75, 3.05) is 0 Å². The van der Waals surface area contributed by atoms with Gasteiger partial charge in [-0.1, -0.05) is 48.6 Å². The second-order valence-electron chi connectivity index (χ2n) is 3.73. The molecule has 0 aromatic heterocycles. The van der Waals surface area contributed by atoms with E-state index in [1.54, 1.807) is 0 Å². The first-order valence-corrected chi connectivity index (χ1v) is 5.38. The van der Waals surface area contributed by atoms with Crippen LogP contribution in [0.5, 0.6) is 0 Å². The fourth-order valence-corrected chi connectivity index (χ4v) is 1.83. The highest BCUT2D eigenvalue weighted by atomic mass is 14.1. The molecular formula is C14H16. The molecule has 1 aliphatic carbocycles. The molecule has 0 aliphatic heterocycles. The van der Waals surface area contributed by atoms with E-state index in [4.69, 9.17) is 0 Å². The minimum atomic E-state index is 1.22. The van der Waals surface area contributed by atoms with Crippen molar-refractivity contribution in [3.8, 4) is 0 Å². The molecule has 0 saturated heterocycles. The van der Waals surface area contributed by atoms with Crippen molar-refractivity contribution in [1.29, 1.82) is 0 Å². The summed E-state index contributed by atoms with van der Waals surface area (Å²) in [6.45, 7) is 0. The normalized spacial score (nSPS) is 23.0. The zero-order chi connectivity index (χ0) is 9.64. The number of allylic oxidation sites excluding steroid dienone is 4. The number of benzene rings is 1. The van der Waals surface area contributed by atoms with Gasteiger partial charge >= 0.3 is 0 Å². The fourth-order valence-electron chi connectivity index (χ4n) is 1.83. The van der Waals surface area contributed by atoms with Crippen LogP contribution < -0.4 is 0 Å². The van der Waals surface area contributed by atoms with Crippen LogP contribution in [0.25, 0.3) is 5.57 Å². The summed E-state index contributed by atoms with van der Waals surface area (Å²) >= 11 is 0. The first kappa shape index (κ1) is 9.26. The molecule has 0 fully saturated rings. The molecule has 0 heterocycles. The summed E-state index contributed by atoms with van der Waals surface area (Å²) in [5.74, 6) is 0. The molecular weight excluding hydrogens is 168 g/mol. The zero-order valence-electron chi connectivity index (χ0n) is 8.45. The van der Waals surface area contributed by atoms with Crippen molar-refractivity contribution in [3.05, 3.63) is 54.1 Å². The molecule has 0 bridgehead atoms. The Balaban J connectivity index is 2.23. The molecule has 1 aromatic rings. The smallest absolute Gasteiger partial charge is 0.0225 e. The van der Waals surface area contributed by atoms with Crippen molar-refractivity contribution < 1.29 is 0 Å². The first-order valence-electron chi connectivity index (χ1n) is 5.38. The van der Waals surface area contributed by atoms with Crippen LogP contribution >= 0.6 is 0 Å². The van der Waals surface area contributed by atoms with Crippen molar-refractivity contribution in [3.63, 3.8) is 0 Å². The van der Waals surface area contributed by atoms with E-state index in [2.05, 4.69) is 48.6 Å². The molecule has 0 saturated carbocycles. The molecule has 2 rings (SSSR count). The maximum atomic E-state index is 2.27. The molecule has 14 heavy (non-hydrogen) atoms. The third kappa shape index (κ3) is 2.35. The highest BCUT2D eigenvalue weighted by Crippen LogP contribution is 2.22. The summed E-state index contributed by atoms with van der Waals surface area (Å²) in [4.78, 5) is 0. The Morgan fingerprint density at radius 3 is 2.64 bits per heavy atom. The lowest BCUT2D eigenvalue weighted by Gasteiger charge is -2.08. The predicted molar refractivity (Wildman–Crippen MR) is 62.0 cm³/mol. The third-order valence-electron chi connectivity index (χ3n) is 2.64. The summed E-state index contributed by atoms with van der Waals surface area (Å²) in [6.07, 6.45) is 11.8. The summed E-state index contributed by atoms with van der Waals surface area (Å²) < 4.78 is 0. The Hall–Kier alpha value is -1.30. The standard InChI is InChI=1S/C14H16/c1-2-5-9-13(10-6-3-1)14-11-7-4-8-12-14/h2,4-5,7-9,11-12H,1,3,6,10H2/b5-2-,13-9+. The van der Waals surface area contributed by atoms with Gasteiger partial charge in [0, 0.05) is 0 Å². The van der Waals surface area contributed by atoms with Crippen molar-refractivity contribution in [1.82, 2.24) is 0 Å². The number of hydrogen-bond donors (Lipinski definition) is 0. The lowest BCUT2D eigenvalue weighted by atomic mass is 9.97. The molecule has 72 valence electrons. The monoisotopic (exact) mass is 184 g/mol. The van der Waals surface area contributed by atoms with Crippen LogP contribution in [0, 0.1) is 0 Å². The molecule has 1 aliphatic rings. The highest BCUT2D eigenvalue weighted by molar-refractivity contribution is 5.67. The SMILES string of the molecule is C1=C\CCCC\C(c2ccccc2)=C/1. The van der Waals surface area contributed by atoms with Gasteiger partial charge in [0.05, 0.1) is 0 Å². The van der Waals surface area contributed by atoms with Crippen molar-refractivity contribution in [2.45, 2.75) is 25.7 Å². The van der Waals surface area contributed by atoms with Gasteiger partial charge in [0.15, 0.2) is 0 Å². The lowest BCUT2D eigenvalue weighted by Crippen LogP contribution is -1.87. The van der Waals surface area contributed by atoms with E-state index >= 15 is 0 Å². The van der Waals surface area contributed by atoms with E-state index in [1.165, 1.54) is 36.8 Å². The lowest BCUT2D eigenvalue weighted by molar-refractivity contribution is 0.766. The topological polar surface area (TPSA) is 0 Å². The van der Waals surface area contributed by atoms with Gasteiger partial charge in [0.1, 0.15) is 0 Å². The Bertz CT molecular complexity index is 330.